The number of piperidine rings is 1. The van der Waals surface area contributed by atoms with E-state index in [9.17, 15) is 22.8 Å². The minimum absolute atomic E-state index is 0.135. The van der Waals surface area contributed by atoms with Gasteiger partial charge in [0.2, 0.25) is 0 Å². The van der Waals surface area contributed by atoms with Gasteiger partial charge in [0.25, 0.3) is 5.91 Å². The number of hydrogen-bond acceptors (Lipinski definition) is 4. The number of aliphatic carboxylic acids is 1. The number of carboxylic acid groups (broad SMARTS) is 1. The smallest absolute Gasteiger partial charge is 0.484 e. The zero-order valence-corrected chi connectivity index (χ0v) is 12.6. The molecule has 9 heteroatoms. The van der Waals surface area contributed by atoms with Gasteiger partial charge in [-0.05, 0) is 37.1 Å². The van der Waals surface area contributed by atoms with Crippen LogP contribution < -0.4 is 9.47 Å². The van der Waals surface area contributed by atoms with Gasteiger partial charge in [-0.2, -0.15) is 0 Å². The molecule has 0 saturated carbocycles. The molecule has 1 fully saturated rings. The largest absolute Gasteiger partial charge is 0.573 e. The van der Waals surface area contributed by atoms with E-state index in [2.05, 4.69) is 4.74 Å². The fourth-order valence-electron chi connectivity index (χ4n) is 2.38. The van der Waals surface area contributed by atoms with Crippen LogP contribution in [0.3, 0.4) is 0 Å². The van der Waals surface area contributed by atoms with E-state index in [-0.39, 0.29) is 30.6 Å². The van der Waals surface area contributed by atoms with E-state index in [0.717, 1.165) is 12.1 Å². The predicted molar refractivity (Wildman–Crippen MR) is 75.6 cm³/mol. The number of halogens is 3. The number of benzene rings is 1. The molecule has 0 spiro atoms. The lowest BCUT2D eigenvalue weighted by Crippen LogP contribution is -2.44. The third-order valence-electron chi connectivity index (χ3n) is 3.54. The van der Waals surface area contributed by atoms with Crippen LogP contribution in [0.1, 0.15) is 12.8 Å². The second kappa shape index (κ2) is 7.41. The maximum Gasteiger partial charge on any atom is 0.573 e. The molecule has 1 saturated heterocycles. The van der Waals surface area contributed by atoms with Crippen molar-refractivity contribution in [2.45, 2.75) is 19.2 Å². The van der Waals surface area contributed by atoms with Gasteiger partial charge in [0.05, 0.1) is 5.92 Å². The van der Waals surface area contributed by atoms with Gasteiger partial charge in [-0.25, -0.2) is 0 Å². The zero-order chi connectivity index (χ0) is 17.7. The summed E-state index contributed by atoms with van der Waals surface area (Å²) in [6.07, 6.45) is -3.64. The van der Waals surface area contributed by atoms with E-state index in [1.807, 2.05) is 0 Å². The van der Waals surface area contributed by atoms with Crippen LogP contribution in [0, 0.1) is 5.92 Å². The Morgan fingerprint density at radius 1 is 1.21 bits per heavy atom. The number of alkyl halides is 3. The molecule has 1 aromatic rings. The summed E-state index contributed by atoms with van der Waals surface area (Å²) in [6, 6.07) is 4.67. The van der Waals surface area contributed by atoms with Crippen LogP contribution >= 0.6 is 0 Å². The maximum atomic E-state index is 12.0. The first-order valence-electron chi connectivity index (χ1n) is 7.24. The first-order valence-corrected chi connectivity index (χ1v) is 7.24. The van der Waals surface area contributed by atoms with Crippen LogP contribution in [0.5, 0.6) is 11.5 Å². The molecule has 1 aliphatic heterocycles. The lowest BCUT2D eigenvalue weighted by Gasteiger charge is -2.30. The van der Waals surface area contributed by atoms with Gasteiger partial charge in [-0.15, -0.1) is 13.2 Å². The van der Waals surface area contributed by atoms with Crippen LogP contribution in [0.25, 0.3) is 0 Å². The average Bonchev–Trinajstić information content (AvgIpc) is 2.52. The first kappa shape index (κ1) is 17.9. The van der Waals surface area contributed by atoms with Crippen molar-refractivity contribution in [3.8, 4) is 11.5 Å². The third-order valence-corrected chi connectivity index (χ3v) is 3.54. The van der Waals surface area contributed by atoms with Crippen LogP contribution in [0.2, 0.25) is 0 Å². The van der Waals surface area contributed by atoms with Gasteiger partial charge >= 0.3 is 12.3 Å². The predicted octanol–water partition coefficient (Wildman–Crippen LogP) is 2.29. The Hall–Kier alpha value is -2.45. The molecule has 1 amide bonds. The number of ether oxygens (including phenoxy) is 2. The van der Waals surface area contributed by atoms with E-state index in [4.69, 9.17) is 9.84 Å². The average molecular weight is 347 g/mol. The van der Waals surface area contributed by atoms with Crippen molar-refractivity contribution in [1.82, 2.24) is 4.90 Å². The van der Waals surface area contributed by atoms with Crippen molar-refractivity contribution in [3.63, 3.8) is 0 Å². The molecular formula is C15H16F3NO5. The Morgan fingerprint density at radius 2 is 1.83 bits per heavy atom. The van der Waals surface area contributed by atoms with Crippen molar-refractivity contribution >= 4 is 11.9 Å². The van der Waals surface area contributed by atoms with Crippen molar-refractivity contribution in [2.24, 2.45) is 5.92 Å². The number of nitrogens with zero attached hydrogens (tertiary/aromatic N) is 1. The summed E-state index contributed by atoms with van der Waals surface area (Å²) in [5.74, 6) is -2.06. The van der Waals surface area contributed by atoms with Crippen LogP contribution in [0.15, 0.2) is 24.3 Å². The standard InChI is InChI=1S/C15H16F3NO5/c16-15(17,18)24-12-5-3-11(4-6-12)23-9-13(20)19-7-1-2-10(8-19)14(21)22/h3-6,10H,1-2,7-9H2,(H,21,22). The van der Waals surface area contributed by atoms with Crippen molar-refractivity contribution in [3.05, 3.63) is 24.3 Å². The molecule has 1 heterocycles. The molecule has 1 N–H and O–H groups in total. The van der Waals surface area contributed by atoms with Gasteiger partial charge in [0, 0.05) is 13.1 Å². The Kier molecular flexibility index (Phi) is 5.53. The van der Waals surface area contributed by atoms with Gasteiger partial charge in [-0.3, -0.25) is 9.59 Å². The summed E-state index contributed by atoms with van der Waals surface area (Å²) in [5.41, 5.74) is 0. The van der Waals surface area contributed by atoms with Gasteiger partial charge < -0.3 is 19.5 Å². The van der Waals surface area contributed by atoms with E-state index in [1.165, 1.54) is 17.0 Å². The van der Waals surface area contributed by atoms with Crippen molar-refractivity contribution < 1.29 is 37.3 Å². The highest BCUT2D eigenvalue weighted by Crippen LogP contribution is 2.24. The van der Waals surface area contributed by atoms with Gasteiger partial charge in [-0.1, -0.05) is 0 Å². The molecule has 0 radical (unpaired) electrons. The van der Waals surface area contributed by atoms with E-state index < -0.39 is 18.2 Å². The van der Waals surface area contributed by atoms with Gasteiger partial charge in [0.15, 0.2) is 6.61 Å². The Labute approximate surface area is 135 Å². The highest BCUT2D eigenvalue weighted by Gasteiger charge is 2.31. The number of likely N-dealkylation sites (tertiary alicyclic amines) is 1. The monoisotopic (exact) mass is 347 g/mol. The molecule has 0 aliphatic carbocycles. The molecule has 0 bridgehead atoms. The number of carbonyl (C=O) groups is 2. The molecular weight excluding hydrogens is 331 g/mol. The van der Waals surface area contributed by atoms with Crippen molar-refractivity contribution in [2.75, 3.05) is 19.7 Å². The Bertz CT molecular complexity index is 588. The molecule has 1 aromatic carbocycles. The highest BCUT2D eigenvalue weighted by atomic mass is 19.4. The Balaban J connectivity index is 1.84. The number of hydrogen-bond donors (Lipinski definition) is 1. The summed E-state index contributed by atoms with van der Waals surface area (Å²) in [4.78, 5) is 24.4. The van der Waals surface area contributed by atoms with Gasteiger partial charge in [0.1, 0.15) is 11.5 Å². The fourth-order valence-corrected chi connectivity index (χ4v) is 2.38. The first-order chi connectivity index (χ1) is 11.2. The fraction of sp³-hybridized carbons (Fsp3) is 0.467. The molecule has 6 nitrogen and oxygen atoms in total. The molecule has 1 aliphatic rings. The van der Waals surface area contributed by atoms with Crippen LogP contribution in [-0.4, -0.2) is 47.9 Å². The second-order valence-corrected chi connectivity index (χ2v) is 5.33. The SMILES string of the molecule is O=C(O)C1CCCN(C(=O)COc2ccc(OC(F)(F)F)cc2)C1. The van der Waals surface area contributed by atoms with E-state index in [0.29, 0.717) is 19.4 Å². The normalized spacial score (nSPS) is 18.1. The van der Waals surface area contributed by atoms with Crippen molar-refractivity contribution in [1.29, 1.82) is 0 Å². The Morgan fingerprint density at radius 3 is 2.42 bits per heavy atom. The summed E-state index contributed by atoms with van der Waals surface area (Å²) in [6.45, 7) is 0.284. The lowest BCUT2D eigenvalue weighted by atomic mass is 9.98. The zero-order valence-electron chi connectivity index (χ0n) is 12.6. The maximum absolute atomic E-state index is 12.0. The summed E-state index contributed by atoms with van der Waals surface area (Å²) in [5, 5.41) is 8.99. The van der Waals surface area contributed by atoms with Crippen LogP contribution in [-0.2, 0) is 9.59 Å². The van der Waals surface area contributed by atoms with E-state index >= 15 is 0 Å². The number of amides is 1. The second-order valence-electron chi connectivity index (χ2n) is 5.33. The van der Waals surface area contributed by atoms with E-state index in [1.54, 1.807) is 0 Å². The number of carboxylic acids is 1. The minimum Gasteiger partial charge on any atom is -0.484 e. The molecule has 1 atom stereocenters. The quantitative estimate of drug-likeness (QED) is 0.884. The summed E-state index contributed by atoms with van der Waals surface area (Å²) in [7, 11) is 0. The number of carbonyl (C=O) groups excluding carboxylic acids is 1. The summed E-state index contributed by atoms with van der Waals surface area (Å²) < 4.78 is 45.1. The summed E-state index contributed by atoms with van der Waals surface area (Å²) >= 11 is 0. The minimum atomic E-state index is -4.77. The number of rotatable bonds is 5. The third kappa shape index (κ3) is 5.32. The van der Waals surface area contributed by atoms with Crippen LogP contribution in [0.4, 0.5) is 13.2 Å². The molecule has 0 aromatic heterocycles. The lowest BCUT2D eigenvalue weighted by molar-refractivity contribution is -0.274. The molecule has 24 heavy (non-hydrogen) atoms. The highest BCUT2D eigenvalue weighted by molar-refractivity contribution is 5.79. The molecule has 2 rings (SSSR count). The topological polar surface area (TPSA) is 76.1 Å². The molecule has 132 valence electrons. The molecule has 1 unspecified atom stereocenters.